The predicted octanol–water partition coefficient (Wildman–Crippen LogP) is 2.63. The van der Waals surface area contributed by atoms with Gasteiger partial charge in [-0.05, 0) is 13.0 Å². The van der Waals surface area contributed by atoms with E-state index in [4.69, 9.17) is 5.21 Å². The first-order chi connectivity index (χ1) is 7.65. The number of benzene rings is 1. The summed E-state index contributed by atoms with van der Waals surface area (Å²) in [6.45, 7) is -1.21. The molecule has 0 atom stereocenters. The molecule has 0 aliphatic heterocycles. The van der Waals surface area contributed by atoms with E-state index in [1.165, 1.54) is 6.92 Å². The first kappa shape index (κ1) is 10.5. The van der Waals surface area contributed by atoms with Crippen LogP contribution in [-0.2, 0) is 0 Å². The van der Waals surface area contributed by atoms with Gasteiger partial charge in [0.05, 0.1) is 5.52 Å². The first-order valence-electron chi connectivity index (χ1n) is 4.59. The molecular formula is C10H9F2N3O. The van der Waals surface area contributed by atoms with E-state index in [9.17, 15) is 8.78 Å². The number of nitrogens with zero attached hydrogens (tertiary/aromatic N) is 3. The molecule has 0 saturated heterocycles. The van der Waals surface area contributed by atoms with Crippen molar-refractivity contribution in [3.63, 3.8) is 0 Å². The average molecular weight is 225 g/mol. The number of aromatic nitrogens is 2. The highest BCUT2D eigenvalue weighted by molar-refractivity contribution is 6.07. The van der Waals surface area contributed by atoms with Crippen LogP contribution in [0.5, 0.6) is 0 Å². The van der Waals surface area contributed by atoms with Gasteiger partial charge in [-0.15, -0.1) is 0 Å². The van der Waals surface area contributed by atoms with E-state index in [-0.39, 0.29) is 11.4 Å². The number of rotatable bonds is 2. The van der Waals surface area contributed by atoms with Crippen LogP contribution in [-0.4, -0.2) is 20.7 Å². The molecule has 2 rings (SSSR count). The molecule has 2 aromatic rings. The van der Waals surface area contributed by atoms with Crippen molar-refractivity contribution < 1.29 is 14.0 Å². The molecule has 1 N–H and O–H groups in total. The van der Waals surface area contributed by atoms with E-state index in [1.807, 2.05) is 0 Å². The fourth-order valence-corrected chi connectivity index (χ4v) is 1.55. The van der Waals surface area contributed by atoms with Gasteiger partial charge in [-0.25, -0.2) is 4.68 Å². The third-order valence-corrected chi connectivity index (χ3v) is 2.29. The van der Waals surface area contributed by atoms with Crippen molar-refractivity contribution in [2.24, 2.45) is 5.16 Å². The fourth-order valence-electron chi connectivity index (χ4n) is 1.55. The molecule has 0 bridgehead atoms. The average Bonchev–Trinajstić information content (AvgIpc) is 2.67. The van der Waals surface area contributed by atoms with Crippen molar-refractivity contribution in [1.29, 1.82) is 0 Å². The van der Waals surface area contributed by atoms with Crippen LogP contribution in [0.3, 0.4) is 0 Å². The van der Waals surface area contributed by atoms with E-state index in [2.05, 4.69) is 10.3 Å². The maximum atomic E-state index is 12.7. The van der Waals surface area contributed by atoms with Crippen molar-refractivity contribution in [3.05, 3.63) is 30.0 Å². The van der Waals surface area contributed by atoms with Gasteiger partial charge in [0, 0.05) is 5.39 Å². The normalized spacial score (nSPS) is 12.6. The van der Waals surface area contributed by atoms with Crippen molar-refractivity contribution in [1.82, 2.24) is 9.78 Å². The van der Waals surface area contributed by atoms with Crippen molar-refractivity contribution in [3.8, 4) is 0 Å². The second-order valence-electron chi connectivity index (χ2n) is 3.27. The Kier molecular flexibility index (Phi) is 2.55. The van der Waals surface area contributed by atoms with Crippen molar-refractivity contribution in [2.75, 3.05) is 0 Å². The summed E-state index contributed by atoms with van der Waals surface area (Å²) >= 11 is 0. The molecule has 0 saturated carbocycles. The molecule has 16 heavy (non-hydrogen) atoms. The maximum absolute atomic E-state index is 12.7. The molecular weight excluding hydrogens is 216 g/mol. The summed E-state index contributed by atoms with van der Waals surface area (Å²) in [5.41, 5.74) is 0.782. The van der Waals surface area contributed by atoms with Gasteiger partial charge >= 0.3 is 6.55 Å². The van der Waals surface area contributed by atoms with Gasteiger partial charge in [-0.1, -0.05) is 23.4 Å². The Bertz CT molecular complexity index is 548. The van der Waals surface area contributed by atoms with Crippen LogP contribution in [0.2, 0.25) is 0 Å². The molecule has 0 aliphatic rings. The maximum Gasteiger partial charge on any atom is 0.333 e. The Morgan fingerprint density at radius 2 is 2.12 bits per heavy atom. The summed E-state index contributed by atoms with van der Waals surface area (Å²) in [5.74, 6) is 0. The van der Waals surface area contributed by atoms with E-state index >= 15 is 0 Å². The molecule has 4 nitrogen and oxygen atoms in total. The van der Waals surface area contributed by atoms with Gasteiger partial charge in [0.2, 0.25) is 0 Å². The Balaban J connectivity index is 2.77. The Hall–Kier alpha value is -1.98. The molecule has 0 fully saturated rings. The molecule has 0 unspecified atom stereocenters. The van der Waals surface area contributed by atoms with Crippen LogP contribution in [0.15, 0.2) is 29.4 Å². The van der Waals surface area contributed by atoms with Gasteiger partial charge in [-0.2, -0.15) is 13.9 Å². The summed E-state index contributed by atoms with van der Waals surface area (Å²) in [5, 5.41) is 15.9. The minimum absolute atomic E-state index is 0.204. The number of alkyl halides is 2. The van der Waals surface area contributed by atoms with E-state index in [0.29, 0.717) is 15.6 Å². The Labute approximate surface area is 89.8 Å². The van der Waals surface area contributed by atoms with Gasteiger partial charge in [0.25, 0.3) is 0 Å². The molecule has 1 aromatic carbocycles. The van der Waals surface area contributed by atoms with Crippen LogP contribution >= 0.6 is 0 Å². The number of halogens is 2. The summed E-state index contributed by atoms with van der Waals surface area (Å²) in [7, 11) is 0. The lowest BCUT2D eigenvalue weighted by Crippen LogP contribution is -2.02. The highest BCUT2D eigenvalue weighted by Gasteiger charge is 2.17. The number of para-hydroxylation sites is 1. The summed E-state index contributed by atoms with van der Waals surface area (Å²) in [6, 6.07) is 6.57. The molecule has 1 heterocycles. The summed E-state index contributed by atoms with van der Waals surface area (Å²) < 4.78 is 26.0. The lowest BCUT2D eigenvalue weighted by molar-refractivity contribution is 0.0614. The van der Waals surface area contributed by atoms with Gasteiger partial charge in [-0.3, -0.25) is 0 Å². The van der Waals surface area contributed by atoms with Crippen LogP contribution in [0, 0.1) is 0 Å². The zero-order valence-electron chi connectivity index (χ0n) is 8.43. The zero-order chi connectivity index (χ0) is 11.7. The predicted molar refractivity (Wildman–Crippen MR) is 55.0 cm³/mol. The second-order valence-corrected chi connectivity index (χ2v) is 3.27. The smallest absolute Gasteiger partial charge is 0.333 e. The molecule has 0 aliphatic carbocycles. The SMILES string of the molecule is C/C(=N\O)c1nn(C(F)F)c2ccccc12. The first-order valence-corrected chi connectivity index (χ1v) is 4.59. The molecule has 0 amide bonds. The molecule has 0 spiro atoms. The van der Waals surface area contributed by atoms with Gasteiger partial charge < -0.3 is 5.21 Å². The zero-order valence-corrected chi connectivity index (χ0v) is 8.43. The lowest BCUT2D eigenvalue weighted by Gasteiger charge is -1.99. The number of hydrogen-bond acceptors (Lipinski definition) is 3. The van der Waals surface area contributed by atoms with Gasteiger partial charge in [0.15, 0.2) is 0 Å². The van der Waals surface area contributed by atoms with Gasteiger partial charge in [0.1, 0.15) is 11.4 Å². The monoisotopic (exact) mass is 225 g/mol. The molecule has 84 valence electrons. The minimum atomic E-state index is -2.72. The van der Waals surface area contributed by atoms with E-state index in [0.717, 1.165) is 0 Å². The summed E-state index contributed by atoms with van der Waals surface area (Å²) in [4.78, 5) is 0. The van der Waals surface area contributed by atoms with Crippen LogP contribution in [0.25, 0.3) is 10.9 Å². The third kappa shape index (κ3) is 1.52. The number of oxime groups is 1. The number of hydrogen-bond donors (Lipinski definition) is 1. The topological polar surface area (TPSA) is 50.4 Å². The third-order valence-electron chi connectivity index (χ3n) is 2.29. The van der Waals surface area contributed by atoms with Crippen LogP contribution < -0.4 is 0 Å². The molecule has 1 aromatic heterocycles. The number of fused-ring (bicyclic) bond motifs is 1. The Morgan fingerprint density at radius 3 is 2.75 bits per heavy atom. The molecule has 0 radical (unpaired) electrons. The standard InChI is InChI=1S/C10H9F2N3O/c1-6(14-16)9-7-4-2-3-5-8(7)15(13-9)10(11)12/h2-5,10,16H,1H3/b14-6+. The molecule has 6 heteroatoms. The van der Waals surface area contributed by atoms with Crippen LogP contribution in [0.1, 0.15) is 19.2 Å². The largest absolute Gasteiger partial charge is 0.411 e. The fraction of sp³-hybridized carbons (Fsp3) is 0.200. The lowest BCUT2D eigenvalue weighted by atomic mass is 10.1. The van der Waals surface area contributed by atoms with Crippen molar-refractivity contribution >= 4 is 16.6 Å². The van der Waals surface area contributed by atoms with Crippen LogP contribution in [0.4, 0.5) is 8.78 Å². The highest BCUT2D eigenvalue weighted by atomic mass is 19.3. The second kappa shape index (κ2) is 3.88. The van der Waals surface area contributed by atoms with E-state index < -0.39 is 6.55 Å². The minimum Gasteiger partial charge on any atom is -0.411 e. The van der Waals surface area contributed by atoms with Crippen molar-refractivity contribution in [2.45, 2.75) is 13.5 Å². The van der Waals surface area contributed by atoms with E-state index in [1.54, 1.807) is 24.3 Å². The highest BCUT2D eigenvalue weighted by Crippen LogP contribution is 2.23. The summed E-state index contributed by atoms with van der Waals surface area (Å²) in [6.07, 6.45) is 0. The Morgan fingerprint density at radius 1 is 1.44 bits per heavy atom. The quantitative estimate of drug-likeness (QED) is 0.485.